The fourth-order valence-electron chi connectivity index (χ4n) is 1.99. The molecule has 24 heavy (non-hydrogen) atoms. The fourth-order valence-corrected chi connectivity index (χ4v) is 2.68. The van der Waals surface area contributed by atoms with Crippen LogP contribution in [0.2, 0.25) is 0 Å². The number of carbonyl (C=O) groups is 1. The molecule has 0 radical (unpaired) electrons. The number of oxazole rings is 1. The molecule has 124 valence electrons. The maximum absolute atomic E-state index is 11.4. The van der Waals surface area contributed by atoms with E-state index in [1.807, 2.05) is 55.5 Å². The summed E-state index contributed by atoms with van der Waals surface area (Å²) in [6, 6.07) is 9.81. The van der Waals surface area contributed by atoms with Crippen LogP contribution in [0, 0.1) is 0 Å². The quantitative estimate of drug-likeness (QED) is 0.602. The number of carbonyl (C=O) groups excluding carboxylic acids is 1. The van der Waals surface area contributed by atoms with Crippen LogP contribution in [-0.4, -0.2) is 23.7 Å². The van der Waals surface area contributed by atoms with E-state index in [0.29, 0.717) is 11.0 Å². The van der Waals surface area contributed by atoms with Gasteiger partial charge in [-0.2, -0.15) is 0 Å². The smallest absolute Gasteiger partial charge is 0.257 e. The van der Waals surface area contributed by atoms with Gasteiger partial charge >= 0.3 is 0 Å². The van der Waals surface area contributed by atoms with E-state index >= 15 is 0 Å². The van der Waals surface area contributed by atoms with Gasteiger partial charge in [-0.1, -0.05) is 73.0 Å². The minimum Gasteiger partial charge on any atom is -0.431 e. The molecule has 1 aromatic carbocycles. The number of amides is 1. The van der Waals surface area contributed by atoms with Crippen LogP contribution < -0.4 is 5.32 Å². The first-order valence-electron chi connectivity index (χ1n) is 7.55. The van der Waals surface area contributed by atoms with E-state index in [4.69, 9.17) is 4.42 Å². The summed E-state index contributed by atoms with van der Waals surface area (Å²) in [5, 5.41) is 3.04. The van der Waals surface area contributed by atoms with Crippen molar-refractivity contribution in [1.29, 1.82) is 0 Å². The van der Waals surface area contributed by atoms with Crippen molar-refractivity contribution in [2.45, 2.75) is 12.1 Å². The lowest BCUT2D eigenvalue weighted by Crippen LogP contribution is -2.19. The fraction of sp³-hybridized carbons (Fsp3) is 0.158. The van der Waals surface area contributed by atoms with Crippen LogP contribution >= 0.6 is 11.8 Å². The maximum atomic E-state index is 11.4. The number of thioether (sulfide) groups is 1. The number of rotatable bonds is 7. The molecule has 2 aromatic rings. The molecule has 1 amide bonds. The molecule has 0 spiro atoms. The van der Waals surface area contributed by atoms with E-state index in [1.54, 1.807) is 13.1 Å². The summed E-state index contributed by atoms with van der Waals surface area (Å²) in [4.78, 5) is 16.0. The van der Waals surface area contributed by atoms with Gasteiger partial charge in [0.2, 0.25) is 5.91 Å². The zero-order valence-corrected chi connectivity index (χ0v) is 14.6. The molecule has 0 aliphatic carbocycles. The van der Waals surface area contributed by atoms with Gasteiger partial charge in [0, 0.05) is 18.2 Å². The van der Waals surface area contributed by atoms with Crippen LogP contribution in [0.4, 0.5) is 0 Å². The highest BCUT2D eigenvalue weighted by atomic mass is 32.2. The van der Waals surface area contributed by atoms with Crippen molar-refractivity contribution < 1.29 is 9.21 Å². The molecule has 0 saturated heterocycles. The highest BCUT2D eigenvalue weighted by molar-refractivity contribution is 7.99. The van der Waals surface area contributed by atoms with Crippen LogP contribution in [-0.2, 0) is 4.79 Å². The molecular formula is C19H20N2O2S. The van der Waals surface area contributed by atoms with Crippen LogP contribution in [0.5, 0.6) is 0 Å². The highest BCUT2D eigenvalue weighted by Gasteiger charge is 2.18. The second kappa shape index (κ2) is 8.93. The number of nitrogens with one attached hydrogen (secondary N) is 1. The van der Waals surface area contributed by atoms with E-state index in [1.165, 1.54) is 11.8 Å². The Bertz CT molecular complexity index is 761. The molecule has 0 aliphatic rings. The monoisotopic (exact) mass is 340 g/mol. The van der Waals surface area contributed by atoms with Crippen molar-refractivity contribution in [3.8, 4) is 11.3 Å². The van der Waals surface area contributed by atoms with Crippen molar-refractivity contribution in [3.05, 3.63) is 67.0 Å². The molecule has 1 heterocycles. The summed E-state index contributed by atoms with van der Waals surface area (Å²) >= 11 is 1.27. The lowest BCUT2D eigenvalue weighted by atomic mass is 10.1. The van der Waals surface area contributed by atoms with E-state index < -0.39 is 0 Å². The second-order valence-electron chi connectivity index (χ2n) is 4.84. The Hall–Kier alpha value is -2.53. The highest BCUT2D eigenvalue weighted by Crippen LogP contribution is 2.33. The third-order valence-electron chi connectivity index (χ3n) is 3.21. The lowest BCUT2D eigenvalue weighted by molar-refractivity contribution is -0.118. The molecule has 0 atom stereocenters. The van der Waals surface area contributed by atoms with E-state index in [9.17, 15) is 4.79 Å². The largest absolute Gasteiger partial charge is 0.431 e. The summed E-state index contributed by atoms with van der Waals surface area (Å²) in [7, 11) is 1.61. The van der Waals surface area contributed by atoms with E-state index in [2.05, 4.69) is 16.9 Å². The Morgan fingerprint density at radius 1 is 1.38 bits per heavy atom. The second-order valence-corrected chi connectivity index (χ2v) is 5.76. The lowest BCUT2D eigenvalue weighted by Gasteiger charge is -2.01. The van der Waals surface area contributed by atoms with Crippen LogP contribution in [0.25, 0.3) is 16.8 Å². The van der Waals surface area contributed by atoms with Gasteiger partial charge in [-0.15, -0.1) is 0 Å². The number of hydrogen-bond acceptors (Lipinski definition) is 4. The summed E-state index contributed by atoms with van der Waals surface area (Å²) in [6.45, 7) is 5.81. The van der Waals surface area contributed by atoms with Crippen molar-refractivity contribution in [1.82, 2.24) is 10.3 Å². The Morgan fingerprint density at radius 2 is 2.12 bits per heavy atom. The summed E-state index contributed by atoms with van der Waals surface area (Å²) in [5.41, 5.74) is 2.54. The topological polar surface area (TPSA) is 55.1 Å². The first-order chi connectivity index (χ1) is 11.7. The molecule has 4 nitrogen and oxygen atoms in total. The first kappa shape index (κ1) is 17.8. The minimum absolute atomic E-state index is 0.0746. The van der Waals surface area contributed by atoms with Crippen molar-refractivity contribution in [3.63, 3.8) is 0 Å². The molecule has 2 rings (SSSR count). The van der Waals surface area contributed by atoms with Gasteiger partial charge in [-0.05, 0) is 6.92 Å². The molecule has 1 aromatic heterocycles. The number of allylic oxidation sites excluding steroid dienone is 5. The Kier molecular flexibility index (Phi) is 6.63. The SMILES string of the molecule is C=C/C(=C\C=C/C)c1oc(SCC(=O)NC)nc1-c1ccccc1. The third-order valence-corrected chi connectivity index (χ3v) is 4.04. The van der Waals surface area contributed by atoms with Gasteiger partial charge in [0.25, 0.3) is 5.22 Å². The zero-order chi connectivity index (χ0) is 17.4. The number of benzene rings is 1. The van der Waals surface area contributed by atoms with Crippen molar-refractivity contribution >= 4 is 23.2 Å². The average Bonchev–Trinajstić information content (AvgIpc) is 3.05. The van der Waals surface area contributed by atoms with Crippen molar-refractivity contribution in [2.75, 3.05) is 12.8 Å². The van der Waals surface area contributed by atoms with Gasteiger partial charge in [-0.25, -0.2) is 4.98 Å². The number of aromatic nitrogens is 1. The Labute approximate surface area is 146 Å². The van der Waals surface area contributed by atoms with Crippen LogP contribution in [0.3, 0.4) is 0 Å². The molecule has 0 fully saturated rings. The molecule has 0 saturated carbocycles. The number of nitrogens with zero attached hydrogens (tertiary/aromatic N) is 1. The van der Waals surface area contributed by atoms with E-state index in [-0.39, 0.29) is 11.7 Å². The molecular weight excluding hydrogens is 320 g/mol. The normalized spacial score (nSPS) is 11.7. The standard InChI is InChI=1S/C19H20N2O2S/c1-4-6-10-14(5-2)18-17(15-11-8-7-9-12-15)21-19(23-18)24-13-16(22)20-3/h4-12H,2,13H2,1,3H3,(H,20,22)/b6-4-,14-10+. The Balaban J connectivity index is 2.44. The first-order valence-corrected chi connectivity index (χ1v) is 8.53. The predicted octanol–water partition coefficient (Wildman–Crippen LogP) is 4.33. The van der Waals surface area contributed by atoms with Crippen LogP contribution in [0.1, 0.15) is 12.7 Å². The predicted molar refractivity (Wildman–Crippen MR) is 99.7 cm³/mol. The van der Waals surface area contributed by atoms with Gasteiger partial charge < -0.3 is 9.73 Å². The van der Waals surface area contributed by atoms with Gasteiger partial charge in [0.05, 0.1) is 5.75 Å². The van der Waals surface area contributed by atoms with E-state index in [0.717, 1.165) is 16.8 Å². The van der Waals surface area contributed by atoms with Crippen molar-refractivity contribution in [2.24, 2.45) is 0 Å². The average molecular weight is 340 g/mol. The van der Waals surface area contributed by atoms with Gasteiger partial charge in [0.1, 0.15) is 5.69 Å². The van der Waals surface area contributed by atoms with Gasteiger partial charge in [0.15, 0.2) is 5.76 Å². The van der Waals surface area contributed by atoms with Gasteiger partial charge in [-0.3, -0.25) is 4.79 Å². The summed E-state index contributed by atoms with van der Waals surface area (Å²) < 4.78 is 5.91. The minimum atomic E-state index is -0.0746. The molecule has 0 bridgehead atoms. The maximum Gasteiger partial charge on any atom is 0.257 e. The summed E-state index contributed by atoms with van der Waals surface area (Å²) in [5.74, 6) is 0.829. The molecule has 0 aliphatic heterocycles. The van der Waals surface area contributed by atoms with Crippen LogP contribution in [0.15, 0.2) is 70.9 Å². The molecule has 1 N–H and O–H groups in total. The molecule has 5 heteroatoms. The Morgan fingerprint density at radius 3 is 2.75 bits per heavy atom. The zero-order valence-electron chi connectivity index (χ0n) is 13.8. The molecule has 0 unspecified atom stereocenters. The number of hydrogen-bond donors (Lipinski definition) is 1. The third kappa shape index (κ3) is 4.49. The summed E-state index contributed by atoms with van der Waals surface area (Å²) in [6.07, 6.45) is 7.52.